The van der Waals surface area contributed by atoms with Crippen LogP contribution in [0.3, 0.4) is 0 Å². The number of halogens is 1. The first-order valence-electron chi connectivity index (χ1n) is 5.52. The maximum Gasteiger partial charge on any atom is 0.321 e. The van der Waals surface area contributed by atoms with Gasteiger partial charge in [-0.05, 0) is 40.5 Å². The second-order valence-electron chi connectivity index (χ2n) is 3.99. The molecule has 4 N–H and O–H groups in total. The number of hydrogen-bond donors (Lipinski definition) is 3. The smallest absolute Gasteiger partial charge is 0.321 e. The zero-order chi connectivity index (χ0) is 14.4. The fourth-order valence-electron chi connectivity index (χ4n) is 1.26. The summed E-state index contributed by atoms with van der Waals surface area (Å²) in [5.74, 6) is -0.875. The van der Waals surface area contributed by atoms with E-state index in [2.05, 4.69) is 21.2 Å². The number of nitrogens with two attached hydrogens (primary N) is 1. The number of rotatable bonds is 6. The van der Waals surface area contributed by atoms with Crippen LogP contribution in [0.2, 0.25) is 0 Å². The van der Waals surface area contributed by atoms with Crippen LogP contribution in [0.15, 0.2) is 22.7 Å². The minimum Gasteiger partial charge on any atom is -0.480 e. The zero-order valence-electron chi connectivity index (χ0n) is 10.4. The molecule has 0 radical (unpaired) electrons. The summed E-state index contributed by atoms with van der Waals surface area (Å²) < 4.78 is 0.813. The van der Waals surface area contributed by atoms with Gasteiger partial charge in [0.1, 0.15) is 6.04 Å². The number of carboxylic acid groups (broad SMARTS) is 1. The molecule has 1 aromatic rings. The van der Waals surface area contributed by atoms with Crippen molar-refractivity contribution in [2.75, 3.05) is 16.8 Å². The van der Waals surface area contributed by atoms with E-state index in [4.69, 9.17) is 10.8 Å². The zero-order valence-corrected chi connectivity index (χ0v) is 12.8. The number of anilines is 1. The standard InChI is InChI=1S/C12H15BrN2O3S/c1-7-2-3-10(8(13)4-7)15-11(16)6-19-5-9(14)12(17)18/h2-4,9H,5-6,14H2,1H3,(H,15,16)(H,17,18)/t9-/m0/s1. The molecule has 5 nitrogen and oxygen atoms in total. The van der Waals surface area contributed by atoms with Crippen molar-refractivity contribution in [1.82, 2.24) is 0 Å². The van der Waals surface area contributed by atoms with Crippen molar-refractivity contribution < 1.29 is 14.7 Å². The minimum absolute atomic E-state index is 0.168. The molecule has 0 saturated carbocycles. The molecule has 0 aliphatic heterocycles. The Kier molecular flexibility index (Phi) is 6.33. The van der Waals surface area contributed by atoms with E-state index < -0.39 is 12.0 Å². The van der Waals surface area contributed by atoms with Crippen LogP contribution in [0, 0.1) is 6.92 Å². The second-order valence-corrected chi connectivity index (χ2v) is 5.88. The van der Waals surface area contributed by atoms with Crippen LogP contribution in [0.4, 0.5) is 5.69 Å². The lowest BCUT2D eigenvalue weighted by Crippen LogP contribution is -2.33. The largest absolute Gasteiger partial charge is 0.480 e. The van der Waals surface area contributed by atoms with Gasteiger partial charge in [-0.1, -0.05) is 6.07 Å². The summed E-state index contributed by atoms with van der Waals surface area (Å²) in [5.41, 5.74) is 7.12. The van der Waals surface area contributed by atoms with Crippen molar-refractivity contribution in [2.45, 2.75) is 13.0 Å². The van der Waals surface area contributed by atoms with E-state index in [0.717, 1.165) is 10.0 Å². The molecule has 0 unspecified atom stereocenters. The molecule has 104 valence electrons. The van der Waals surface area contributed by atoms with Gasteiger partial charge in [0.15, 0.2) is 0 Å². The van der Waals surface area contributed by atoms with Crippen LogP contribution in [0.1, 0.15) is 5.56 Å². The first-order chi connectivity index (χ1) is 8.90. The summed E-state index contributed by atoms with van der Waals surface area (Å²) in [7, 11) is 0. The molecule has 1 aromatic carbocycles. The molecule has 0 aliphatic carbocycles. The van der Waals surface area contributed by atoms with Gasteiger partial charge in [0.2, 0.25) is 5.91 Å². The summed E-state index contributed by atoms with van der Waals surface area (Å²) in [5, 5.41) is 11.3. The van der Waals surface area contributed by atoms with Crippen molar-refractivity contribution in [3.05, 3.63) is 28.2 Å². The Balaban J connectivity index is 2.41. The molecule has 1 rings (SSSR count). The molecule has 0 aliphatic rings. The number of aryl methyl sites for hydroxylation is 1. The van der Waals surface area contributed by atoms with Crippen LogP contribution in [-0.2, 0) is 9.59 Å². The monoisotopic (exact) mass is 346 g/mol. The highest BCUT2D eigenvalue weighted by molar-refractivity contribution is 9.10. The van der Waals surface area contributed by atoms with E-state index in [1.807, 2.05) is 25.1 Å². The topological polar surface area (TPSA) is 92.4 Å². The van der Waals surface area contributed by atoms with E-state index in [-0.39, 0.29) is 17.4 Å². The average molecular weight is 347 g/mol. The Labute approximate surface area is 124 Å². The van der Waals surface area contributed by atoms with Gasteiger partial charge < -0.3 is 16.2 Å². The molecule has 7 heteroatoms. The van der Waals surface area contributed by atoms with Crippen LogP contribution in [-0.4, -0.2) is 34.5 Å². The Morgan fingerprint density at radius 2 is 2.21 bits per heavy atom. The van der Waals surface area contributed by atoms with Gasteiger partial charge in [0, 0.05) is 10.2 Å². The summed E-state index contributed by atoms with van der Waals surface area (Å²) >= 11 is 4.56. The number of nitrogens with one attached hydrogen (secondary N) is 1. The van der Waals surface area contributed by atoms with Gasteiger partial charge in [-0.3, -0.25) is 9.59 Å². The summed E-state index contributed by atoms with van der Waals surface area (Å²) in [4.78, 5) is 22.2. The highest BCUT2D eigenvalue weighted by Gasteiger charge is 2.12. The first-order valence-corrected chi connectivity index (χ1v) is 7.47. The van der Waals surface area contributed by atoms with E-state index in [1.54, 1.807) is 0 Å². The third-order valence-electron chi connectivity index (χ3n) is 2.25. The predicted octanol–water partition coefficient (Wildman–Crippen LogP) is 1.84. The van der Waals surface area contributed by atoms with Crippen LogP contribution >= 0.6 is 27.7 Å². The third-order valence-corrected chi connectivity index (χ3v) is 3.96. The second kappa shape index (κ2) is 7.52. The number of hydrogen-bond acceptors (Lipinski definition) is 4. The predicted molar refractivity (Wildman–Crippen MR) is 80.4 cm³/mol. The number of carbonyl (C=O) groups excluding carboxylic acids is 1. The van der Waals surface area contributed by atoms with Gasteiger partial charge in [-0.25, -0.2) is 0 Å². The fourth-order valence-corrected chi connectivity index (χ4v) is 2.62. The summed E-state index contributed by atoms with van der Waals surface area (Å²) in [6, 6.07) is 4.67. The molecule has 0 fully saturated rings. The number of thioether (sulfide) groups is 1. The van der Waals surface area contributed by atoms with Crippen LogP contribution in [0.5, 0.6) is 0 Å². The molecule has 19 heavy (non-hydrogen) atoms. The maximum absolute atomic E-state index is 11.7. The van der Waals surface area contributed by atoms with Gasteiger partial charge in [0.05, 0.1) is 11.4 Å². The number of aliphatic carboxylic acids is 1. The number of amides is 1. The minimum atomic E-state index is -1.06. The van der Waals surface area contributed by atoms with Gasteiger partial charge >= 0.3 is 5.97 Å². The Morgan fingerprint density at radius 3 is 2.79 bits per heavy atom. The molecule has 0 heterocycles. The molecule has 1 amide bonds. The molecule has 0 saturated heterocycles. The van der Waals surface area contributed by atoms with Crippen molar-refractivity contribution in [2.24, 2.45) is 5.73 Å². The number of carbonyl (C=O) groups is 2. The van der Waals surface area contributed by atoms with Crippen LogP contribution in [0.25, 0.3) is 0 Å². The van der Waals surface area contributed by atoms with Crippen molar-refractivity contribution in [3.63, 3.8) is 0 Å². The van der Waals surface area contributed by atoms with Gasteiger partial charge in [-0.15, -0.1) is 11.8 Å². The molecule has 0 aromatic heterocycles. The first kappa shape index (κ1) is 16.0. The van der Waals surface area contributed by atoms with Gasteiger partial charge in [-0.2, -0.15) is 0 Å². The molecule has 1 atom stereocenters. The van der Waals surface area contributed by atoms with Crippen LogP contribution < -0.4 is 11.1 Å². The van der Waals surface area contributed by atoms with E-state index in [1.165, 1.54) is 11.8 Å². The van der Waals surface area contributed by atoms with Crippen molar-refractivity contribution >= 4 is 45.3 Å². The SMILES string of the molecule is Cc1ccc(NC(=O)CSC[C@H](N)C(=O)O)c(Br)c1. The summed E-state index contributed by atoms with van der Waals surface area (Å²) in [6.45, 7) is 1.96. The highest BCUT2D eigenvalue weighted by atomic mass is 79.9. The lowest BCUT2D eigenvalue weighted by Gasteiger charge is -2.09. The van der Waals surface area contributed by atoms with Crippen molar-refractivity contribution in [1.29, 1.82) is 0 Å². The Hall–Kier alpha value is -1.05. The fraction of sp³-hybridized carbons (Fsp3) is 0.333. The number of carboxylic acids is 1. The Morgan fingerprint density at radius 1 is 1.53 bits per heavy atom. The summed E-state index contributed by atoms with van der Waals surface area (Å²) in [6.07, 6.45) is 0. The highest BCUT2D eigenvalue weighted by Crippen LogP contribution is 2.23. The lowest BCUT2D eigenvalue weighted by atomic mass is 10.2. The normalized spacial score (nSPS) is 11.9. The van der Waals surface area contributed by atoms with E-state index in [9.17, 15) is 9.59 Å². The van der Waals surface area contributed by atoms with Gasteiger partial charge in [0.25, 0.3) is 0 Å². The quantitative estimate of drug-likeness (QED) is 0.730. The van der Waals surface area contributed by atoms with E-state index >= 15 is 0 Å². The lowest BCUT2D eigenvalue weighted by molar-refractivity contribution is -0.137. The third kappa shape index (κ3) is 5.63. The molecular formula is C12H15BrN2O3S. The Bertz CT molecular complexity index is 482. The van der Waals surface area contributed by atoms with E-state index in [0.29, 0.717) is 5.69 Å². The van der Waals surface area contributed by atoms with Crippen molar-refractivity contribution in [3.8, 4) is 0 Å². The molecule has 0 bridgehead atoms. The number of benzene rings is 1. The molecular weight excluding hydrogens is 332 g/mol. The average Bonchev–Trinajstić information content (AvgIpc) is 2.32. The molecule has 0 spiro atoms. The maximum atomic E-state index is 11.7.